The Morgan fingerprint density at radius 1 is 1.33 bits per heavy atom. The summed E-state index contributed by atoms with van der Waals surface area (Å²) in [6.45, 7) is 3.86. The second-order valence-corrected chi connectivity index (χ2v) is 3.83. The summed E-state index contributed by atoms with van der Waals surface area (Å²) in [5.41, 5.74) is 0. The first-order valence-corrected chi connectivity index (χ1v) is 5.37. The summed E-state index contributed by atoms with van der Waals surface area (Å²) < 4.78 is 30.5. The van der Waals surface area contributed by atoms with E-state index in [1.54, 1.807) is 0 Å². The molecule has 0 aromatic carbocycles. The number of hydrogen-bond acceptors (Lipinski definition) is 4. The van der Waals surface area contributed by atoms with Crippen LogP contribution in [0, 0.1) is 0 Å². The van der Waals surface area contributed by atoms with Gasteiger partial charge in [-0.2, -0.15) is 8.42 Å². The molecular weight excluding hydrogens is 180 g/mol. The van der Waals surface area contributed by atoms with Gasteiger partial charge in [-0.3, -0.25) is 4.18 Å². The third kappa shape index (κ3) is 4.69. The zero-order valence-electron chi connectivity index (χ0n) is 7.74. The summed E-state index contributed by atoms with van der Waals surface area (Å²) >= 11 is 0. The van der Waals surface area contributed by atoms with Crippen LogP contribution in [-0.2, 0) is 18.8 Å². The maximum absolute atomic E-state index is 10.8. The van der Waals surface area contributed by atoms with Gasteiger partial charge in [-0.05, 0) is 12.8 Å². The highest BCUT2D eigenvalue weighted by molar-refractivity contribution is 7.81. The van der Waals surface area contributed by atoms with E-state index in [0.717, 1.165) is 20.0 Å². The van der Waals surface area contributed by atoms with Gasteiger partial charge in [0.25, 0.3) is 0 Å². The Morgan fingerprint density at radius 3 is 2.25 bits per heavy atom. The van der Waals surface area contributed by atoms with Crippen molar-refractivity contribution >= 4 is 10.4 Å². The van der Waals surface area contributed by atoms with Crippen LogP contribution in [0.4, 0.5) is 0 Å². The minimum absolute atomic E-state index is 0.250. The molecule has 4 nitrogen and oxygen atoms in total. The van der Waals surface area contributed by atoms with Gasteiger partial charge in [0.05, 0.1) is 13.2 Å². The standard InChI is InChI=1S/C7H16O4S/c1-4-6-7(5-2)11-12(8,9)10-3/h7H,4-6H2,1-3H3. The minimum Gasteiger partial charge on any atom is -0.252 e. The number of hydrogen-bond donors (Lipinski definition) is 0. The first-order chi connectivity index (χ1) is 5.55. The molecule has 5 heteroatoms. The monoisotopic (exact) mass is 196 g/mol. The Morgan fingerprint density at radius 2 is 1.92 bits per heavy atom. The molecule has 0 aliphatic carbocycles. The van der Waals surface area contributed by atoms with E-state index < -0.39 is 10.4 Å². The van der Waals surface area contributed by atoms with Gasteiger partial charge in [0.2, 0.25) is 0 Å². The van der Waals surface area contributed by atoms with Crippen LogP contribution in [0.15, 0.2) is 0 Å². The number of rotatable bonds is 6. The zero-order chi connectivity index (χ0) is 9.61. The molecule has 0 heterocycles. The molecule has 0 radical (unpaired) electrons. The second kappa shape index (κ2) is 5.50. The van der Waals surface area contributed by atoms with Crippen LogP contribution >= 0.6 is 0 Å². The van der Waals surface area contributed by atoms with Crippen molar-refractivity contribution in [3.8, 4) is 0 Å². The van der Waals surface area contributed by atoms with E-state index in [-0.39, 0.29) is 6.10 Å². The third-order valence-electron chi connectivity index (χ3n) is 1.52. The van der Waals surface area contributed by atoms with E-state index >= 15 is 0 Å². The summed E-state index contributed by atoms with van der Waals surface area (Å²) in [6.07, 6.45) is 2.06. The Balaban J connectivity index is 4.02. The molecule has 0 aliphatic rings. The van der Waals surface area contributed by atoms with Crippen molar-refractivity contribution in [1.82, 2.24) is 0 Å². The van der Waals surface area contributed by atoms with Gasteiger partial charge in [0, 0.05) is 0 Å². The normalized spacial score (nSPS) is 14.6. The minimum atomic E-state index is -3.75. The predicted octanol–water partition coefficient (Wildman–Crippen LogP) is 1.47. The van der Waals surface area contributed by atoms with Crippen molar-refractivity contribution in [1.29, 1.82) is 0 Å². The van der Waals surface area contributed by atoms with Gasteiger partial charge in [-0.15, -0.1) is 0 Å². The van der Waals surface area contributed by atoms with Crippen LogP contribution in [0.25, 0.3) is 0 Å². The molecule has 12 heavy (non-hydrogen) atoms. The lowest BCUT2D eigenvalue weighted by Crippen LogP contribution is -2.18. The highest BCUT2D eigenvalue weighted by atomic mass is 32.3. The van der Waals surface area contributed by atoms with Crippen LogP contribution in [0.2, 0.25) is 0 Å². The van der Waals surface area contributed by atoms with E-state index in [9.17, 15) is 8.42 Å². The first-order valence-electron chi connectivity index (χ1n) is 4.04. The fourth-order valence-electron chi connectivity index (χ4n) is 0.848. The van der Waals surface area contributed by atoms with Crippen LogP contribution < -0.4 is 0 Å². The van der Waals surface area contributed by atoms with Gasteiger partial charge in [0.1, 0.15) is 0 Å². The van der Waals surface area contributed by atoms with Crippen LogP contribution in [0.5, 0.6) is 0 Å². The molecule has 0 fully saturated rings. The molecule has 0 amide bonds. The van der Waals surface area contributed by atoms with E-state index in [0.29, 0.717) is 6.42 Å². The van der Waals surface area contributed by atoms with Gasteiger partial charge in [-0.25, -0.2) is 4.18 Å². The van der Waals surface area contributed by atoms with Gasteiger partial charge in [-0.1, -0.05) is 20.3 Å². The summed E-state index contributed by atoms with van der Waals surface area (Å²) in [5.74, 6) is 0. The first kappa shape index (κ1) is 11.9. The third-order valence-corrected chi connectivity index (χ3v) is 2.44. The van der Waals surface area contributed by atoms with Crippen molar-refractivity contribution in [2.24, 2.45) is 0 Å². The van der Waals surface area contributed by atoms with E-state index in [2.05, 4.69) is 4.18 Å². The summed E-state index contributed by atoms with van der Waals surface area (Å²) in [5, 5.41) is 0. The Labute approximate surface area is 74.2 Å². The molecule has 0 bridgehead atoms. The Hall–Kier alpha value is -0.130. The highest BCUT2D eigenvalue weighted by Crippen LogP contribution is 2.10. The Bertz CT molecular complexity index is 197. The lowest BCUT2D eigenvalue weighted by Gasteiger charge is -2.12. The zero-order valence-corrected chi connectivity index (χ0v) is 8.56. The van der Waals surface area contributed by atoms with Crippen molar-refractivity contribution in [3.05, 3.63) is 0 Å². The quantitative estimate of drug-likeness (QED) is 0.645. The van der Waals surface area contributed by atoms with E-state index in [1.807, 2.05) is 13.8 Å². The van der Waals surface area contributed by atoms with Gasteiger partial charge < -0.3 is 0 Å². The average molecular weight is 196 g/mol. The topological polar surface area (TPSA) is 52.6 Å². The largest absolute Gasteiger partial charge is 0.399 e. The molecule has 1 unspecified atom stereocenters. The maximum atomic E-state index is 10.8. The van der Waals surface area contributed by atoms with Crippen molar-refractivity contribution in [3.63, 3.8) is 0 Å². The predicted molar refractivity (Wildman–Crippen MR) is 46.0 cm³/mol. The summed E-state index contributed by atoms with van der Waals surface area (Å²) in [6, 6.07) is 0. The molecule has 0 saturated heterocycles. The SMILES string of the molecule is CCCC(CC)OS(=O)(=O)OC. The average Bonchev–Trinajstić information content (AvgIpc) is 2.03. The van der Waals surface area contributed by atoms with E-state index in [1.165, 1.54) is 0 Å². The van der Waals surface area contributed by atoms with Gasteiger partial charge in [0.15, 0.2) is 0 Å². The molecule has 0 N–H and O–H groups in total. The fraction of sp³-hybridized carbons (Fsp3) is 1.00. The lowest BCUT2D eigenvalue weighted by molar-refractivity contribution is 0.157. The second-order valence-electron chi connectivity index (χ2n) is 2.49. The van der Waals surface area contributed by atoms with Crippen LogP contribution in [0.3, 0.4) is 0 Å². The maximum Gasteiger partial charge on any atom is 0.399 e. The Kier molecular flexibility index (Phi) is 5.44. The molecule has 1 atom stereocenters. The molecule has 0 rings (SSSR count). The molecule has 0 aromatic heterocycles. The molecule has 0 saturated carbocycles. The van der Waals surface area contributed by atoms with Crippen LogP contribution in [-0.4, -0.2) is 21.6 Å². The highest BCUT2D eigenvalue weighted by Gasteiger charge is 2.16. The molecule has 0 aliphatic heterocycles. The molecule has 0 spiro atoms. The van der Waals surface area contributed by atoms with E-state index in [4.69, 9.17) is 4.18 Å². The molecular formula is C7H16O4S. The lowest BCUT2D eigenvalue weighted by atomic mass is 10.2. The molecule has 74 valence electrons. The molecule has 0 aromatic rings. The fourth-order valence-corrected chi connectivity index (χ4v) is 1.49. The van der Waals surface area contributed by atoms with Crippen molar-refractivity contribution < 1.29 is 16.8 Å². The smallest absolute Gasteiger partial charge is 0.252 e. The summed E-state index contributed by atoms with van der Waals surface area (Å²) in [7, 11) is -2.66. The van der Waals surface area contributed by atoms with Crippen molar-refractivity contribution in [2.75, 3.05) is 7.11 Å². The van der Waals surface area contributed by atoms with Gasteiger partial charge >= 0.3 is 10.4 Å². The van der Waals surface area contributed by atoms with Crippen LogP contribution in [0.1, 0.15) is 33.1 Å². The van der Waals surface area contributed by atoms with Crippen molar-refractivity contribution in [2.45, 2.75) is 39.2 Å². The summed E-state index contributed by atoms with van der Waals surface area (Å²) in [4.78, 5) is 0.